The third-order valence-corrected chi connectivity index (χ3v) is 4.11. The van der Waals surface area contributed by atoms with Gasteiger partial charge in [0.15, 0.2) is 0 Å². The number of aromatic nitrogens is 2. The van der Waals surface area contributed by atoms with E-state index in [2.05, 4.69) is 10.3 Å². The highest BCUT2D eigenvalue weighted by atomic mass is 19.4. The molecule has 0 saturated heterocycles. The van der Waals surface area contributed by atoms with Crippen molar-refractivity contribution in [3.63, 3.8) is 0 Å². The van der Waals surface area contributed by atoms with E-state index in [4.69, 9.17) is 0 Å². The fraction of sp³-hybridized carbons (Fsp3) is 0.375. The van der Waals surface area contributed by atoms with Gasteiger partial charge in [0.05, 0.1) is 12.1 Å². The van der Waals surface area contributed by atoms with Gasteiger partial charge in [0, 0.05) is 25.4 Å². The Balaban J connectivity index is 1.61. The van der Waals surface area contributed by atoms with E-state index < -0.39 is 11.7 Å². The van der Waals surface area contributed by atoms with Gasteiger partial charge < -0.3 is 9.88 Å². The first-order valence-corrected chi connectivity index (χ1v) is 7.27. The lowest BCUT2D eigenvalue weighted by Crippen LogP contribution is -2.26. The van der Waals surface area contributed by atoms with Gasteiger partial charge in [0.1, 0.15) is 5.82 Å². The molecular formula is C16H16F3N3O. The molecule has 1 fully saturated rings. The summed E-state index contributed by atoms with van der Waals surface area (Å²) >= 11 is 0. The Labute approximate surface area is 131 Å². The topological polar surface area (TPSA) is 46.9 Å². The van der Waals surface area contributed by atoms with Crippen molar-refractivity contribution >= 4 is 5.91 Å². The van der Waals surface area contributed by atoms with Crippen molar-refractivity contribution in [1.29, 1.82) is 0 Å². The van der Waals surface area contributed by atoms with Gasteiger partial charge in [-0.2, -0.15) is 13.2 Å². The standard InChI is InChI=1S/C16H16F3N3O/c1-22-6-5-20-14(22)9-21-15(23)13-8-12(13)10-3-2-4-11(7-10)16(17,18)19/h2-7,12-13H,8-9H2,1H3,(H,21,23)/t12-,13+/m1/s1. The number of aryl methyl sites for hydroxylation is 1. The van der Waals surface area contributed by atoms with Crippen LogP contribution in [0.1, 0.15) is 29.3 Å². The van der Waals surface area contributed by atoms with Crippen molar-refractivity contribution in [2.75, 3.05) is 0 Å². The molecule has 2 atom stereocenters. The second kappa shape index (κ2) is 5.72. The molecule has 1 N–H and O–H groups in total. The first kappa shape index (κ1) is 15.6. The van der Waals surface area contributed by atoms with Gasteiger partial charge in [0.25, 0.3) is 0 Å². The maximum absolute atomic E-state index is 12.7. The Morgan fingerprint density at radius 3 is 2.87 bits per heavy atom. The number of benzene rings is 1. The molecule has 1 heterocycles. The summed E-state index contributed by atoms with van der Waals surface area (Å²) in [6, 6.07) is 5.21. The predicted octanol–water partition coefficient (Wildman–Crippen LogP) is 2.86. The maximum Gasteiger partial charge on any atom is 0.416 e. The number of rotatable bonds is 4. The van der Waals surface area contributed by atoms with Crippen LogP contribution < -0.4 is 5.32 Å². The number of hydrogen-bond donors (Lipinski definition) is 1. The number of amides is 1. The van der Waals surface area contributed by atoms with E-state index in [0.29, 0.717) is 18.5 Å². The molecule has 1 amide bonds. The van der Waals surface area contributed by atoms with Crippen molar-refractivity contribution in [3.8, 4) is 0 Å². The van der Waals surface area contributed by atoms with Crippen LogP contribution in [-0.2, 0) is 24.6 Å². The molecule has 3 rings (SSSR count). The van der Waals surface area contributed by atoms with Gasteiger partial charge >= 0.3 is 6.18 Å². The number of hydrogen-bond acceptors (Lipinski definition) is 2. The van der Waals surface area contributed by atoms with E-state index >= 15 is 0 Å². The average Bonchev–Trinajstić information content (AvgIpc) is 3.21. The minimum atomic E-state index is -4.36. The van der Waals surface area contributed by atoms with Crippen LogP contribution in [0.4, 0.5) is 13.2 Å². The molecule has 2 aromatic rings. The Kier molecular flexibility index (Phi) is 3.87. The number of halogens is 3. The van der Waals surface area contributed by atoms with E-state index in [1.165, 1.54) is 6.07 Å². The maximum atomic E-state index is 12.7. The van der Waals surface area contributed by atoms with E-state index in [-0.39, 0.29) is 17.7 Å². The molecular weight excluding hydrogens is 307 g/mol. The van der Waals surface area contributed by atoms with E-state index in [1.54, 1.807) is 23.0 Å². The summed E-state index contributed by atoms with van der Waals surface area (Å²) in [5.41, 5.74) is -0.106. The SMILES string of the molecule is Cn1ccnc1CNC(=O)[C@H]1C[C@@H]1c1cccc(C(F)(F)F)c1. The normalized spacial score (nSPS) is 20.3. The average molecular weight is 323 g/mol. The van der Waals surface area contributed by atoms with Crippen LogP contribution in [0.25, 0.3) is 0 Å². The molecule has 0 bridgehead atoms. The van der Waals surface area contributed by atoms with Gasteiger partial charge in [-0.15, -0.1) is 0 Å². The fourth-order valence-corrected chi connectivity index (χ4v) is 2.66. The molecule has 23 heavy (non-hydrogen) atoms. The number of alkyl halides is 3. The monoisotopic (exact) mass is 323 g/mol. The number of carbonyl (C=O) groups is 1. The largest absolute Gasteiger partial charge is 0.416 e. The van der Waals surface area contributed by atoms with Crippen LogP contribution in [0, 0.1) is 5.92 Å². The van der Waals surface area contributed by atoms with E-state index in [1.807, 2.05) is 7.05 Å². The van der Waals surface area contributed by atoms with Gasteiger partial charge in [0.2, 0.25) is 5.91 Å². The lowest BCUT2D eigenvalue weighted by Gasteiger charge is -2.09. The van der Waals surface area contributed by atoms with Crippen LogP contribution in [0.5, 0.6) is 0 Å². The summed E-state index contributed by atoms with van der Waals surface area (Å²) in [4.78, 5) is 16.2. The molecule has 0 spiro atoms. The van der Waals surface area contributed by atoms with E-state index in [0.717, 1.165) is 18.0 Å². The summed E-state index contributed by atoms with van der Waals surface area (Å²) in [5, 5.41) is 2.79. The zero-order valence-corrected chi connectivity index (χ0v) is 12.5. The second-order valence-electron chi connectivity index (χ2n) is 5.74. The van der Waals surface area contributed by atoms with Crippen LogP contribution in [-0.4, -0.2) is 15.5 Å². The third kappa shape index (κ3) is 3.38. The second-order valence-corrected chi connectivity index (χ2v) is 5.74. The molecule has 1 aromatic heterocycles. The van der Waals surface area contributed by atoms with Gasteiger partial charge in [-0.25, -0.2) is 4.98 Å². The van der Waals surface area contributed by atoms with Gasteiger partial charge in [-0.05, 0) is 24.0 Å². The lowest BCUT2D eigenvalue weighted by molar-refractivity contribution is -0.137. The van der Waals surface area contributed by atoms with Crippen molar-refractivity contribution < 1.29 is 18.0 Å². The number of nitrogens with zero attached hydrogens (tertiary/aromatic N) is 2. The minimum absolute atomic E-state index is 0.140. The highest BCUT2D eigenvalue weighted by Gasteiger charge is 2.44. The summed E-state index contributed by atoms with van der Waals surface area (Å²) in [7, 11) is 1.83. The molecule has 7 heteroatoms. The highest BCUT2D eigenvalue weighted by molar-refractivity contribution is 5.82. The summed E-state index contributed by atoms with van der Waals surface area (Å²) in [5.74, 6) is 0.183. The molecule has 1 saturated carbocycles. The molecule has 1 aliphatic carbocycles. The summed E-state index contributed by atoms with van der Waals surface area (Å²) < 4.78 is 40.0. The van der Waals surface area contributed by atoms with Crippen molar-refractivity contribution in [2.24, 2.45) is 13.0 Å². The Hall–Kier alpha value is -2.31. The smallest absolute Gasteiger partial charge is 0.349 e. The molecule has 0 aliphatic heterocycles. The first-order chi connectivity index (χ1) is 10.9. The highest BCUT2D eigenvalue weighted by Crippen LogP contribution is 2.48. The first-order valence-electron chi connectivity index (χ1n) is 7.27. The third-order valence-electron chi connectivity index (χ3n) is 4.11. The fourth-order valence-electron chi connectivity index (χ4n) is 2.66. The Morgan fingerprint density at radius 1 is 1.43 bits per heavy atom. The van der Waals surface area contributed by atoms with Crippen LogP contribution in [0.15, 0.2) is 36.7 Å². The number of carbonyl (C=O) groups excluding carboxylic acids is 1. The number of nitrogens with one attached hydrogen (secondary N) is 1. The molecule has 122 valence electrons. The van der Waals surface area contributed by atoms with Crippen LogP contribution in [0.3, 0.4) is 0 Å². The zero-order chi connectivity index (χ0) is 16.6. The van der Waals surface area contributed by atoms with Crippen LogP contribution >= 0.6 is 0 Å². The molecule has 4 nitrogen and oxygen atoms in total. The number of imidazole rings is 1. The van der Waals surface area contributed by atoms with Crippen molar-refractivity contribution in [1.82, 2.24) is 14.9 Å². The molecule has 0 radical (unpaired) electrons. The van der Waals surface area contributed by atoms with Crippen molar-refractivity contribution in [3.05, 3.63) is 53.6 Å². The van der Waals surface area contributed by atoms with Gasteiger partial charge in [-0.3, -0.25) is 4.79 Å². The molecule has 1 aliphatic rings. The quantitative estimate of drug-likeness (QED) is 0.940. The van der Waals surface area contributed by atoms with Crippen molar-refractivity contribution in [2.45, 2.75) is 25.1 Å². The Bertz CT molecular complexity index is 723. The van der Waals surface area contributed by atoms with E-state index in [9.17, 15) is 18.0 Å². The summed E-state index contributed by atoms with van der Waals surface area (Å²) in [6.07, 6.45) is -0.358. The lowest BCUT2D eigenvalue weighted by atomic mass is 10.1. The minimum Gasteiger partial charge on any atom is -0.349 e. The van der Waals surface area contributed by atoms with Gasteiger partial charge in [-0.1, -0.05) is 18.2 Å². The summed E-state index contributed by atoms with van der Waals surface area (Å²) in [6.45, 7) is 0.314. The molecule has 0 unspecified atom stereocenters. The zero-order valence-electron chi connectivity index (χ0n) is 12.5. The van der Waals surface area contributed by atoms with Crippen LogP contribution in [0.2, 0.25) is 0 Å². The molecule has 1 aromatic carbocycles. The Morgan fingerprint density at radius 2 is 2.22 bits per heavy atom. The predicted molar refractivity (Wildman–Crippen MR) is 77.3 cm³/mol.